The fourth-order valence-corrected chi connectivity index (χ4v) is 0.887. The van der Waals surface area contributed by atoms with Crippen LogP contribution in [-0.2, 0) is 325 Å². The molecule has 0 rings (SSSR count). The van der Waals surface area contributed by atoms with Crippen molar-refractivity contribution in [3.05, 3.63) is 0 Å². The second-order valence-corrected chi connectivity index (χ2v) is 10.9. The van der Waals surface area contributed by atoms with Gasteiger partial charge in [0.1, 0.15) is 0 Å². The standard InChI is InChI=1S/4C5H9NO2.4C3H7NO.3C2H4O2.4C2H6.CH2O2.5CH4.2W.6Y/c4*1-4(7)6(3)5(2)8;4*1-3(5)4-2;2*1-4-2-3;1-2(3)4;4*1-2;2-1-3;;;;;;;;;;;;;/h4*1-3H3;4*1-2H3,(H,4,5);2*2H,1H3;1H3,(H,3,4);4*1-2H3;1H,(H,2,3);5*1H4;;;;;;;;. The molecule has 0 bridgehead atoms. The minimum absolute atomic E-state index is 0. The average molecular weight is 2080 g/mol. The molecule has 0 aliphatic heterocycles. The molecule has 28 nitrogen and oxygen atoms in total. The van der Waals surface area contributed by atoms with Gasteiger partial charge in [-0.2, -0.15) is 0 Å². The monoisotopic (exact) mass is 2080 g/mol. The summed E-state index contributed by atoms with van der Waals surface area (Å²) in [6.07, 6.45) is 0. The Morgan fingerprint density at radius 3 is 0.364 bits per heavy atom. The quantitative estimate of drug-likeness (QED) is 0.181. The number of rotatable bonds is 2. The van der Waals surface area contributed by atoms with Gasteiger partial charge >= 0.3 is 0 Å². The fraction of sp³-hybridized carbons (Fsp3) is 0.692. The maximum Gasteiger partial charge on any atom is 0.300 e. The van der Waals surface area contributed by atoms with Gasteiger partial charge in [-0.15, -0.1) is 0 Å². The molecular formula is C52H122N8O20W2Y6. The van der Waals surface area contributed by atoms with Crippen LogP contribution in [0.5, 0.6) is 0 Å². The summed E-state index contributed by atoms with van der Waals surface area (Å²) >= 11 is 0. The average Bonchev–Trinajstić information content (AvgIpc) is 3.36. The third-order valence-corrected chi connectivity index (χ3v) is 5.38. The minimum Gasteiger partial charge on any atom is -0.483 e. The van der Waals surface area contributed by atoms with E-state index in [1.54, 1.807) is 28.2 Å². The molecule has 6 radical (unpaired) electrons. The van der Waals surface area contributed by atoms with Gasteiger partial charge in [0.2, 0.25) is 70.9 Å². The Labute approximate surface area is 714 Å². The number of imide groups is 4. The second kappa shape index (κ2) is 179. The van der Waals surface area contributed by atoms with Crippen molar-refractivity contribution in [2.75, 3.05) is 70.6 Å². The Hall–Kier alpha value is 0.320. The number of methoxy groups -OCH3 is 2. The molecule has 0 saturated carbocycles. The van der Waals surface area contributed by atoms with Crippen LogP contribution in [0.1, 0.15) is 183 Å². The molecule has 88 heavy (non-hydrogen) atoms. The van der Waals surface area contributed by atoms with Gasteiger partial charge in [-0.1, -0.05) is 92.5 Å². The molecular weight excluding hydrogens is 1960 g/mol. The number of amides is 12. The van der Waals surface area contributed by atoms with Crippen molar-refractivity contribution in [2.45, 2.75) is 183 Å². The summed E-state index contributed by atoms with van der Waals surface area (Å²) in [6.45, 7) is 34.3. The van der Waals surface area contributed by atoms with E-state index in [9.17, 15) is 57.5 Å². The molecule has 36 heteroatoms. The Bertz CT molecular complexity index is 1250. The predicted octanol–water partition coefficient (Wildman–Crippen LogP) is 5.69. The van der Waals surface area contributed by atoms with Gasteiger partial charge in [-0.3, -0.25) is 96.3 Å². The largest absolute Gasteiger partial charge is 0.483 e. The molecule has 0 aromatic carbocycles. The van der Waals surface area contributed by atoms with Crippen LogP contribution in [0.15, 0.2) is 0 Å². The van der Waals surface area contributed by atoms with Crippen molar-refractivity contribution in [1.82, 2.24) is 40.9 Å². The molecule has 6 N–H and O–H groups in total. The van der Waals surface area contributed by atoms with Crippen LogP contribution in [0.3, 0.4) is 0 Å². The summed E-state index contributed by atoms with van der Waals surface area (Å²) in [4.78, 5) is 161. The van der Waals surface area contributed by atoms with E-state index in [0.717, 1.165) is 26.5 Å². The Balaban J connectivity index is -0.0000000157. The van der Waals surface area contributed by atoms with E-state index >= 15 is 0 Å². The van der Waals surface area contributed by atoms with E-state index in [2.05, 4.69) is 30.7 Å². The molecule has 0 spiro atoms. The summed E-state index contributed by atoms with van der Waals surface area (Å²) in [5, 5.41) is 23.9. The fourth-order valence-electron chi connectivity index (χ4n) is 0.887. The molecule has 0 aliphatic rings. The zero-order chi connectivity index (χ0) is 65.2. The SMILES string of the molecule is C.C.C.C.C.CC.CC.CC.CC.CC(=O)N(C)C(C)=O.CC(=O)N(C)C(C)=O.CC(=O)N(C)C(C)=O.CC(=O)N(C)C(C)=O.CC(=O)O.CNC(C)=O.CNC(C)=O.CNC(C)=O.CNC(C)=O.COC=O.COC=O.O=CO.[W].[W].[Y].[Y].[Y].[Y].[Y].[Y]. The van der Waals surface area contributed by atoms with Crippen LogP contribution in [0, 0.1) is 0 Å². The van der Waals surface area contributed by atoms with Crippen LogP contribution >= 0.6 is 0 Å². The third-order valence-electron chi connectivity index (χ3n) is 5.38. The number of aliphatic carboxylic acids is 1. The summed E-state index contributed by atoms with van der Waals surface area (Å²) in [6, 6.07) is 0. The number of nitrogens with zero attached hydrogens (tertiary/aromatic N) is 4. The molecule has 0 unspecified atom stereocenters. The second-order valence-electron chi connectivity index (χ2n) is 10.9. The van der Waals surface area contributed by atoms with E-state index in [1.807, 2.05) is 55.4 Å². The van der Waals surface area contributed by atoms with Gasteiger partial charge in [0.05, 0.1) is 14.2 Å². The summed E-state index contributed by atoms with van der Waals surface area (Å²) in [5.41, 5.74) is 0. The molecule has 0 fully saturated rings. The number of ether oxygens (including phenoxy) is 2. The van der Waals surface area contributed by atoms with Crippen LogP contribution in [0.4, 0.5) is 0 Å². The topological polar surface area (TPSA) is 393 Å². The summed E-state index contributed by atoms with van der Waals surface area (Å²) in [7, 11) is 14.8. The van der Waals surface area contributed by atoms with Gasteiger partial charge < -0.3 is 41.0 Å². The summed E-state index contributed by atoms with van der Waals surface area (Å²) in [5.74, 6) is -2.61. The van der Waals surface area contributed by atoms with Crippen LogP contribution in [0.25, 0.3) is 0 Å². The number of carboxylic acids is 1. The van der Waals surface area contributed by atoms with E-state index < -0.39 is 5.97 Å². The van der Waals surface area contributed by atoms with Crippen LogP contribution in [-0.4, -0.2) is 197 Å². The Morgan fingerprint density at radius 1 is 0.318 bits per heavy atom. The van der Waals surface area contributed by atoms with Crippen LogP contribution in [0.2, 0.25) is 0 Å². The smallest absolute Gasteiger partial charge is 0.300 e. The first-order valence-corrected chi connectivity index (χ1v) is 22.2. The zero-order valence-corrected chi connectivity index (χ0v) is 78.4. The van der Waals surface area contributed by atoms with Crippen molar-refractivity contribution >= 4 is 96.3 Å². The first-order chi connectivity index (χ1) is 34.3. The number of carbonyl (C=O) groups is 16. The van der Waals surface area contributed by atoms with E-state index in [4.69, 9.17) is 29.4 Å². The molecule has 0 aromatic heterocycles. The number of hydrogen-bond acceptors (Lipinski definition) is 18. The van der Waals surface area contributed by atoms with Crippen molar-refractivity contribution in [3.8, 4) is 0 Å². The molecule has 0 aliphatic carbocycles. The molecule has 0 aromatic rings. The van der Waals surface area contributed by atoms with E-state index in [-0.39, 0.29) is 353 Å². The molecule has 0 heterocycles. The molecule has 0 saturated heterocycles. The van der Waals surface area contributed by atoms with Crippen molar-refractivity contribution in [1.29, 1.82) is 0 Å². The van der Waals surface area contributed by atoms with E-state index in [1.165, 1.54) is 125 Å². The zero-order valence-electron chi connectivity index (χ0n) is 55.5. The van der Waals surface area contributed by atoms with Gasteiger partial charge in [0.15, 0.2) is 0 Å². The Morgan fingerprint density at radius 2 is 0.364 bits per heavy atom. The third kappa shape index (κ3) is 351. The van der Waals surface area contributed by atoms with Crippen molar-refractivity contribution in [3.63, 3.8) is 0 Å². The van der Waals surface area contributed by atoms with Crippen molar-refractivity contribution < 1.29 is 335 Å². The maximum absolute atomic E-state index is 10.3. The van der Waals surface area contributed by atoms with Crippen LogP contribution < -0.4 is 21.3 Å². The van der Waals surface area contributed by atoms with Gasteiger partial charge in [-0.25, -0.2) is 0 Å². The summed E-state index contributed by atoms with van der Waals surface area (Å²) < 4.78 is 7.72. The first-order valence-electron chi connectivity index (χ1n) is 22.2. The van der Waals surface area contributed by atoms with E-state index in [0.29, 0.717) is 12.9 Å². The minimum atomic E-state index is -0.833. The number of carboxylic acid groups (broad SMARTS) is 2. The number of nitrogens with one attached hydrogen (secondary N) is 4. The normalized spacial score (nSPS) is 5.76. The van der Waals surface area contributed by atoms with Crippen molar-refractivity contribution in [2.24, 2.45) is 0 Å². The molecule has 520 valence electrons. The molecule has 12 amide bonds. The number of hydrogen-bond donors (Lipinski definition) is 6. The predicted molar refractivity (Wildman–Crippen MR) is 323 cm³/mol. The number of carbonyl (C=O) groups excluding carboxylic acids is 14. The Kier molecular flexibility index (Phi) is 389. The van der Waals surface area contributed by atoms with Gasteiger partial charge in [0.25, 0.3) is 25.4 Å². The van der Waals surface area contributed by atoms with Gasteiger partial charge in [0, 0.05) is 385 Å². The first kappa shape index (κ1) is 191. The molecule has 0 atom stereocenters. The van der Waals surface area contributed by atoms with Gasteiger partial charge in [-0.05, 0) is 0 Å². The maximum atomic E-state index is 10.3.